The Balaban J connectivity index is 2.41. The van der Waals surface area contributed by atoms with Crippen LogP contribution in [0.4, 0.5) is 0 Å². The van der Waals surface area contributed by atoms with Crippen molar-refractivity contribution < 1.29 is 4.84 Å². The molecule has 1 aliphatic rings. The zero-order valence-corrected chi connectivity index (χ0v) is 5.44. The minimum atomic E-state index is 0.808. The van der Waals surface area contributed by atoms with Crippen molar-refractivity contribution in [3.8, 4) is 0 Å². The molecular weight excluding hydrogens is 124 g/mol. The van der Waals surface area contributed by atoms with Crippen LogP contribution in [-0.4, -0.2) is 18.0 Å². The Kier molecular flexibility index (Phi) is 1.65. The lowest BCUT2D eigenvalue weighted by Crippen LogP contribution is -2.09. The second-order valence-corrected chi connectivity index (χ2v) is 2.42. The summed E-state index contributed by atoms with van der Waals surface area (Å²) in [7, 11) is 1.62. The van der Waals surface area contributed by atoms with Crippen molar-refractivity contribution in [2.24, 2.45) is 5.73 Å². The molecule has 1 heterocycles. The average Bonchev–Trinajstić information content (AvgIpc) is 2.14. The third-order valence-electron chi connectivity index (χ3n) is 0.864. The van der Waals surface area contributed by atoms with Gasteiger partial charge in [0.1, 0.15) is 0 Å². The number of hydrogen-bond acceptors (Lipinski definition) is 4. The molecule has 1 aliphatic heterocycles. The number of hydroxylamine groups is 2. The van der Waals surface area contributed by atoms with Crippen LogP contribution in [0.1, 0.15) is 0 Å². The predicted molar refractivity (Wildman–Crippen MR) is 33.6 cm³/mol. The van der Waals surface area contributed by atoms with Crippen molar-refractivity contribution in [2.75, 3.05) is 13.0 Å². The number of thioether (sulfide) groups is 1. The fourth-order valence-electron chi connectivity index (χ4n) is 0.460. The molecule has 0 aromatic rings. The summed E-state index contributed by atoms with van der Waals surface area (Å²) in [5.74, 6) is 0.808. The van der Waals surface area contributed by atoms with Gasteiger partial charge in [-0.25, -0.2) is 5.06 Å². The maximum Gasteiger partial charge on any atom is 0.0964 e. The van der Waals surface area contributed by atoms with Crippen molar-refractivity contribution in [3.05, 3.63) is 11.2 Å². The Morgan fingerprint density at radius 3 is 3.00 bits per heavy atom. The van der Waals surface area contributed by atoms with Crippen molar-refractivity contribution in [3.63, 3.8) is 0 Å². The first-order chi connectivity index (χ1) is 3.83. The first kappa shape index (κ1) is 5.78. The van der Waals surface area contributed by atoms with E-state index in [0.29, 0.717) is 0 Å². The molecule has 0 radical (unpaired) electrons. The van der Waals surface area contributed by atoms with E-state index in [1.54, 1.807) is 30.1 Å². The van der Waals surface area contributed by atoms with E-state index in [1.165, 1.54) is 0 Å². The van der Waals surface area contributed by atoms with Crippen LogP contribution in [0, 0.1) is 0 Å². The Morgan fingerprint density at radius 2 is 2.75 bits per heavy atom. The van der Waals surface area contributed by atoms with Gasteiger partial charge in [-0.3, -0.25) is 4.84 Å². The first-order valence-corrected chi connectivity index (χ1v) is 3.22. The lowest BCUT2D eigenvalue weighted by Gasteiger charge is -2.07. The van der Waals surface area contributed by atoms with E-state index in [-0.39, 0.29) is 0 Å². The summed E-state index contributed by atoms with van der Waals surface area (Å²) in [5, 5.41) is 2.49. The number of hydrogen-bond donors (Lipinski definition) is 1. The fourth-order valence-corrected chi connectivity index (χ4v) is 1.11. The van der Waals surface area contributed by atoms with Crippen LogP contribution >= 0.6 is 11.8 Å². The van der Waals surface area contributed by atoms with Crippen molar-refractivity contribution in [1.29, 1.82) is 0 Å². The summed E-state index contributed by atoms with van der Waals surface area (Å²) in [4.78, 5) is 4.84. The molecule has 0 atom stereocenters. The fraction of sp³-hybridized carbons (Fsp3) is 0.500. The monoisotopic (exact) mass is 132 g/mol. The molecule has 0 aliphatic carbocycles. The van der Waals surface area contributed by atoms with E-state index in [1.807, 2.05) is 0 Å². The number of rotatable bonds is 1. The minimum absolute atomic E-state index is 0.808. The maximum atomic E-state index is 5.40. The van der Waals surface area contributed by atoms with E-state index in [4.69, 9.17) is 10.6 Å². The quantitative estimate of drug-likeness (QED) is 0.557. The molecule has 0 spiro atoms. The topological polar surface area (TPSA) is 38.5 Å². The summed E-state index contributed by atoms with van der Waals surface area (Å²) >= 11 is 1.57. The van der Waals surface area contributed by atoms with Crippen molar-refractivity contribution >= 4 is 11.8 Å². The molecule has 8 heavy (non-hydrogen) atoms. The summed E-state index contributed by atoms with van der Waals surface area (Å²) in [5.41, 5.74) is 5.40. The molecule has 0 bridgehead atoms. The highest BCUT2D eigenvalue weighted by Gasteiger charge is 2.07. The molecule has 0 saturated carbocycles. The minimum Gasteiger partial charge on any atom is -0.392 e. The van der Waals surface area contributed by atoms with Gasteiger partial charge in [-0.05, 0) is 0 Å². The summed E-state index contributed by atoms with van der Waals surface area (Å²) in [6, 6.07) is 0. The molecule has 0 saturated heterocycles. The van der Waals surface area contributed by atoms with Gasteiger partial charge < -0.3 is 5.73 Å². The first-order valence-electron chi connectivity index (χ1n) is 2.24. The van der Waals surface area contributed by atoms with E-state index >= 15 is 0 Å². The van der Waals surface area contributed by atoms with Crippen LogP contribution < -0.4 is 5.73 Å². The molecule has 0 amide bonds. The highest BCUT2D eigenvalue weighted by molar-refractivity contribution is 8.03. The zero-order valence-electron chi connectivity index (χ0n) is 4.63. The van der Waals surface area contributed by atoms with Gasteiger partial charge in [-0.1, -0.05) is 11.8 Å². The zero-order chi connectivity index (χ0) is 5.98. The predicted octanol–water partition coefficient (Wildman–Crippen LogP) is 0.312. The van der Waals surface area contributed by atoms with Crippen molar-refractivity contribution in [2.45, 2.75) is 0 Å². The molecule has 0 fully saturated rings. The highest BCUT2D eigenvalue weighted by Crippen LogP contribution is 2.19. The Hall–Kier alpha value is -0.350. The molecule has 46 valence electrons. The van der Waals surface area contributed by atoms with Crippen LogP contribution in [-0.2, 0) is 4.84 Å². The Bertz CT molecular complexity index is 115. The third-order valence-corrected chi connectivity index (χ3v) is 1.69. The molecule has 0 aromatic carbocycles. The van der Waals surface area contributed by atoms with Crippen LogP contribution in [0.5, 0.6) is 0 Å². The molecular formula is C4H8N2OS. The summed E-state index contributed by atoms with van der Waals surface area (Å²) in [6.07, 6.45) is 1.77. The van der Waals surface area contributed by atoms with Gasteiger partial charge in [0.25, 0.3) is 0 Å². The number of nitrogens with two attached hydrogens (primary N) is 1. The normalized spacial score (nSPS) is 19.1. The van der Waals surface area contributed by atoms with Gasteiger partial charge in [-0.15, -0.1) is 0 Å². The van der Waals surface area contributed by atoms with E-state index in [0.717, 1.165) is 10.9 Å². The van der Waals surface area contributed by atoms with Gasteiger partial charge in [0, 0.05) is 0 Å². The van der Waals surface area contributed by atoms with E-state index < -0.39 is 0 Å². The summed E-state index contributed by atoms with van der Waals surface area (Å²) < 4.78 is 0. The largest absolute Gasteiger partial charge is 0.392 e. The van der Waals surface area contributed by atoms with Gasteiger partial charge in [-0.2, -0.15) is 0 Å². The standard InChI is InChI=1S/C4H8N2OS/c1-7-6-2-4(5)8-3-6/h2H,3,5H2,1H3. The Morgan fingerprint density at radius 1 is 2.00 bits per heavy atom. The molecule has 0 aromatic heterocycles. The molecule has 3 nitrogen and oxygen atoms in total. The second kappa shape index (κ2) is 2.28. The second-order valence-electron chi connectivity index (χ2n) is 1.40. The molecule has 2 N–H and O–H groups in total. The van der Waals surface area contributed by atoms with Crippen molar-refractivity contribution in [1.82, 2.24) is 5.06 Å². The highest BCUT2D eigenvalue weighted by atomic mass is 32.2. The van der Waals surface area contributed by atoms with Crippen LogP contribution in [0.3, 0.4) is 0 Å². The molecule has 1 rings (SSSR count). The number of nitrogens with zero attached hydrogens (tertiary/aromatic N) is 1. The Labute approximate surface area is 52.4 Å². The van der Waals surface area contributed by atoms with Crippen LogP contribution in [0.15, 0.2) is 11.2 Å². The SMILES string of the molecule is CON1C=C(N)SC1. The van der Waals surface area contributed by atoms with Gasteiger partial charge >= 0.3 is 0 Å². The average molecular weight is 132 g/mol. The summed E-state index contributed by atoms with van der Waals surface area (Å²) in [6.45, 7) is 0. The van der Waals surface area contributed by atoms with Gasteiger partial charge in [0.05, 0.1) is 24.2 Å². The van der Waals surface area contributed by atoms with E-state index in [2.05, 4.69) is 0 Å². The lowest BCUT2D eigenvalue weighted by atomic mass is 10.9. The van der Waals surface area contributed by atoms with Gasteiger partial charge in [0.2, 0.25) is 0 Å². The van der Waals surface area contributed by atoms with Gasteiger partial charge in [0.15, 0.2) is 0 Å². The lowest BCUT2D eigenvalue weighted by molar-refractivity contribution is -0.0686. The maximum absolute atomic E-state index is 5.40. The third kappa shape index (κ3) is 1.08. The van der Waals surface area contributed by atoms with E-state index in [9.17, 15) is 0 Å². The van der Waals surface area contributed by atoms with Crippen LogP contribution in [0.2, 0.25) is 0 Å². The molecule has 0 unspecified atom stereocenters. The van der Waals surface area contributed by atoms with Crippen LogP contribution in [0.25, 0.3) is 0 Å². The smallest absolute Gasteiger partial charge is 0.0964 e. The molecule has 4 heteroatoms.